The molecule has 2 heterocycles. The van der Waals surface area contributed by atoms with E-state index < -0.39 is 0 Å². The number of pyridine rings is 1. The molecule has 1 aliphatic heterocycles. The van der Waals surface area contributed by atoms with E-state index in [-0.39, 0.29) is 18.6 Å². The highest BCUT2D eigenvalue weighted by molar-refractivity contribution is 6.30. The van der Waals surface area contributed by atoms with Crippen LogP contribution < -0.4 is 4.74 Å². The lowest BCUT2D eigenvalue weighted by Crippen LogP contribution is -2.30. The number of rotatable bonds is 5. The molecule has 1 atom stereocenters. The molecule has 0 N–H and O–H groups in total. The summed E-state index contributed by atoms with van der Waals surface area (Å²) in [4.78, 5) is 17.2. The Morgan fingerprint density at radius 1 is 1.17 bits per heavy atom. The summed E-state index contributed by atoms with van der Waals surface area (Å²) in [6.07, 6.45) is 0.516. The number of amides is 1. The molecule has 1 amide bonds. The molecule has 0 unspecified atom stereocenters. The van der Waals surface area contributed by atoms with E-state index in [9.17, 15) is 4.79 Å². The lowest BCUT2D eigenvalue weighted by Gasteiger charge is -2.22. The fourth-order valence-corrected chi connectivity index (χ4v) is 3.76. The first-order chi connectivity index (χ1) is 14.1. The van der Waals surface area contributed by atoms with Crippen molar-refractivity contribution >= 4 is 34.1 Å². The second-order valence-electron chi connectivity index (χ2n) is 6.73. The SMILES string of the molecule is COCC(=O)N1N=C(c2cccc(OC)c2)C[C@H]1c1cc2ccccc2nc1Cl. The van der Waals surface area contributed by atoms with Crippen molar-refractivity contribution in [3.63, 3.8) is 0 Å². The Labute approximate surface area is 173 Å². The van der Waals surface area contributed by atoms with Crippen molar-refractivity contribution in [2.24, 2.45) is 5.10 Å². The van der Waals surface area contributed by atoms with Gasteiger partial charge in [0, 0.05) is 30.0 Å². The molecule has 0 spiro atoms. The molecule has 0 saturated carbocycles. The number of halogens is 1. The highest BCUT2D eigenvalue weighted by atomic mass is 35.5. The maximum Gasteiger partial charge on any atom is 0.269 e. The summed E-state index contributed by atoms with van der Waals surface area (Å²) in [7, 11) is 3.10. The fourth-order valence-electron chi connectivity index (χ4n) is 3.49. The number of hydrogen-bond donors (Lipinski definition) is 0. The van der Waals surface area contributed by atoms with Crippen molar-refractivity contribution in [1.29, 1.82) is 0 Å². The van der Waals surface area contributed by atoms with Crippen LogP contribution >= 0.6 is 11.6 Å². The third-order valence-corrected chi connectivity index (χ3v) is 5.20. The summed E-state index contributed by atoms with van der Waals surface area (Å²) in [5, 5.41) is 7.39. The molecule has 29 heavy (non-hydrogen) atoms. The normalized spacial score (nSPS) is 16.2. The van der Waals surface area contributed by atoms with E-state index in [2.05, 4.69) is 10.1 Å². The maximum atomic E-state index is 12.7. The minimum absolute atomic E-state index is 0.0655. The Morgan fingerprint density at radius 3 is 2.79 bits per heavy atom. The number of methoxy groups -OCH3 is 2. The van der Waals surface area contributed by atoms with E-state index in [0.29, 0.717) is 11.6 Å². The molecule has 0 radical (unpaired) electrons. The van der Waals surface area contributed by atoms with Gasteiger partial charge in [0.05, 0.1) is 24.4 Å². The Hall–Kier alpha value is -2.96. The first kappa shape index (κ1) is 19.4. The highest BCUT2D eigenvalue weighted by Crippen LogP contribution is 2.37. The molecule has 0 saturated heterocycles. The average molecular weight is 410 g/mol. The van der Waals surface area contributed by atoms with Crippen molar-refractivity contribution < 1.29 is 14.3 Å². The third kappa shape index (κ3) is 3.81. The van der Waals surface area contributed by atoms with Gasteiger partial charge in [0.1, 0.15) is 17.5 Å². The second kappa shape index (κ2) is 8.19. The topological polar surface area (TPSA) is 64.0 Å². The van der Waals surface area contributed by atoms with E-state index in [1.54, 1.807) is 7.11 Å². The zero-order valence-corrected chi connectivity index (χ0v) is 16.9. The fraction of sp³-hybridized carbons (Fsp3) is 0.227. The first-order valence-corrected chi connectivity index (χ1v) is 9.56. The van der Waals surface area contributed by atoms with Gasteiger partial charge >= 0.3 is 0 Å². The average Bonchev–Trinajstić information content (AvgIpc) is 3.19. The number of ether oxygens (including phenoxy) is 2. The molecule has 6 nitrogen and oxygen atoms in total. The number of aromatic nitrogens is 1. The van der Waals surface area contributed by atoms with E-state index in [1.807, 2.05) is 54.6 Å². The monoisotopic (exact) mass is 409 g/mol. The molecule has 3 aromatic rings. The van der Waals surface area contributed by atoms with E-state index >= 15 is 0 Å². The van der Waals surface area contributed by atoms with E-state index in [4.69, 9.17) is 21.1 Å². The zero-order chi connectivity index (χ0) is 20.4. The molecule has 148 valence electrons. The molecule has 7 heteroatoms. The molecule has 4 rings (SSSR count). The number of nitrogens with zero attached hydrogens (tertiary/aromatic N) is 3. The Kier molecular flexibility index (Phi) is 5.47. The molecular formula is C22H20ClN3O3. The van der Waals surface area contributed by atoms with Crippen molar-refractivity contribution in [2.45, 2.75) is 12.5 Å². The van der Waals surface area contributed by atoms with Gasteiger partial charge in [-0.2, -0.15) is 5.10 Å². The van der Waals surface area contributed by atoms with Crippen LogP contribution in [0.15, 0.2) is 59.7 Å². The molecule has 0 fully saturated rings. The van der Waals surface area contributed by atoms with Crippen molar-refractivity contribution in [3.8, 4) is 5.75 Å². The lowest BCUT2D eigenvalue weighted by molar-refractivity contribution is -0.136. The summed E-state index contributed by atoms with van der Waals surface area (Å²) in [6, 6.07) is 17.0. The molecule has 0 aliphatic carbocycles. The van der Waals surface area contributed by atoms with Crippen LogP contribution in [0, 0.1) is 0 Å². The standard InChI is InChI=1S/C22H20ClN3O3/c1-28-13-21(27)26-20(12-19(25-26)14-7-5-8-16(10-14)29-2)17-11-15-6-3-4-9-18(15)24-22(17)23/h3-11,20H,12-13H2,1-2H3/t20-/m0/s1. The summed E-state index contributed by atoms with van der Waals surface area (Å²) < 4.78 is 10.4. The maximum absolute atomic E-state index is 12.7. The Bertz CT molecular complexity index is 1100. The number of para-hydroxylation sites is 1. The molecule has 2 aromatic carbocycles. The van der Waals surface area contributed by atoms with Gasteiger partial charge in [-0.25, -0.2) is 9.99 Å². The van der Waals surface area contributed by atoms with Crippen LogP contribution in [0.5, 0.6) is 5.75 Å². The van der Waals surface area contributed by atoms with Gasteiger partial charge in [0.2, 0.25) is 0 Å². The van der Waals surface area contributed by atoms with Crippen LogP contribution in [-0.4, -0.2) is 42.4 Å². The number of hydrogen-bond acceptors (Lipinski definition) is 5. The summed E-state index contributed by atoms with van der Waals surface area (Å²) in [5.41, 5.74) is 3.24. The second-order valence-corrected chi connectivity index (χ2v) is 7.09. The number of fused-ring (bicyclic) bond motifs is 1. The van der Waals surface area contributed by atoms with Gasteiger partial charge in [-0.1, -0.05) is 41.9 Å². The Morgan fingerprint density at radius 2 is 2.00 bits per heavy atom. The van der Waals surface area contributed by atoms with E-state index in [0.717, 1.165) is 33.5 Å². The molecule has 1 aromatic heterocycles. The molecular weight excluding hydrogens is 390 g/mol. The van der Waals surface area contributed by atoms with Crippen LogP contribution in [-0.2, 0) is 9.53 Å². The van der Waals surface area contributed by atoms with Crippen LogP contribution in [0.3, 0.4) is 0 Å². The predicted molar refractivity (Wildman–Crippen MR) is 112 cm³/mol. The van der Waals surface area contributed by atoms with Crippen molar-refractivity contribution in [3.05, 3.63) is 70.9 Å². The van der Waals surface area contributed by atoms with Crippen LogP contribution in [0.1, 0.15) is 23.6 Å². The summed E-state index contributed by atoms with van der Waals surface area (Å²) in [6.45, 7) is -0.0655. The number of benzene rings is 2. The van der Waals surface area contributed by atoms with Gasteiger partial charge in [-0.15, -0.1) is 0 Å². The Balaban J connectivity index is 1.76. The highest BCUT2D eigenvalue weighted by Gasteiger charge is 2.34. The van der Waals surface area contributed by atoms with Gasteiger partial charge < -0.3 is 9.47 Å². The zero-order valence-electron chi connectivity index (χ0n) is 16.1. The smallest absolute Gasteiger partial charge is 0.269 e. The first-order valence-electron chi connectivity index (χ1n) is 9.19. The minimum Gasteiger partial charge on any atom is -0.497 e. The van der Waals surface area contributed by atoms with Gasteiger partial charge in [0.25, 0.3) is 5.91 Å². The van der Waals surface area contributed by atoms with Crippen LogP contribution in [0.4, 0.5) is 0 Å². The van der Waals surface area contributed by atoms with Crippen molar-refractivity contribution in [1.82, 2.24) is 9.99 Å². The summed E-state index contributed by atoms with van der Waals surface area (Å²) in [5.74, 6) is 0.494. The third-order valence-electron chi connectivity index (χ3n) is 4.90. The number of carbonyl (C=O) groups excluding carboxylic acids is 1. The largest absolute Gasteiger partial charge is 0.497 e. The minimum atomic E-state index is -0.358. The number of hydrazone groups is 1. The van der Waals surface area contributed by atoms with Gasteiger partial charge in [-0.05, 0) is 24.3 Å². The van der Waals surface area contributed by atoms with Crippen molar-refractivity contribution in [2.75, 3.05) is 20.8 Å². The molecule has 0 bridgehead atoms. The van der Waals surface area contributed by atoms with Crippen LogP contribution in [0.25, 0.3) is 10.9 Å². The quantitative estimate of drug-likeness (QED) is 0.592. The lowest BCUT2D eigenvalue weighted by atomic mass is 9.98. The van der Waals surface area contributed by atoms with Crippen LogP contribution in [0.2, 0.25) is 5.15 Å². The van der Waals surface area contributed by atoms with Gasteiger partial charge in [-0.3, -0.25) is 4.79 Å². The van der Waals surface area contributed by atoms with E-state index in [1.165, 1.54) is 12.1 Å². The summed E-state index contributed by atoms with van der Waals surface area (Å²) >= 11 is 6.52. The molecule has 1 aliphatic rings. The van der Waals surface area contributed by atoms with Gasteiger partial charge in [0.15, 0.2) is 0 Å². The number of carbonyl (C=O) groups is 1. The predicted octanol–water partition coefficient (Wildman–Crippen LogP) is 4.22.